The molecule has 0 aromatic rings. The van der Waals surface area contributed by atoms with Gasteiger partial charge in [-0.05, 0) is 13.1 Å². The third kappa shape index (κ3) is 8.36. The maximum atomic E-state index is 3.29. The van der Waals surface area contributed by atoms with Gasteiger partial charge < -0.3 is 5.32 Å². The van der Waals surface area contributed by atoms with Gasteiger partial charge in [-0.2, -0.15) is 0 Å². The van der Waals surface area contributed by atoms with Crippen LogP contribution in [0.2, 0.25) is 12.1 Å². The van der Waals surface area contributed by atoms with Crippen molar-refractivity contribution in [3.8, 4) is 0 Å². The zero-order chi connectivity index (χ0) is 10.6. The Labute approximate surface area is 91.6 Å². The maximum absolute atomic E-state index is 3.29. The Bertz CT molecular complexity index is 126. The SMILES string of the molecule is CCCC[SiH](C=CNCC)CCCC. The van der Waals surface area contributed by atoms with Crippen molar-refractivity contribution in [3.63, 3.8) is 0 Å². The summed E-state index contributed by atoms with van der Waals surface area (Å²) in [5.74, 6) is 0. The van der Waals surface area contributed by atoms with E-state index in [1.807, 2.05) is 0 Å². The zero-order valence-corrected chi connectivity index (χ0v) is 11.3. The van der Waals surface area contributed by atoms with Crippen molar-refractivity contribution in [2.45, 2.75) is 58.5 Å². The lowest BCUT2D eigenvalue weighted by Crippen LogP contribution is -2.11. The van der Waals surface area contributed by atoms with E-state index in [9.17, 15) is 0 Å². The fourth-order valence-corrected chi connectivity index (χ4v) is 4.54. The number of unbranched alkanes of at least 4 members (excludes halogenated alkanes) is 2. The quantitative estimate of drug-likeness (QED) is 0.578. The number of hydrogen-bond acceptors (Lipinski definition) is 1. The molecule has 0 saturated carbocycles. The monoisotopic (exact) mass is 213 g/mol. The third-order valence-corrected chi connectivity index (χ3v) is 5.58. The van der Waals surface area contributed by atoms with Gasteiger partial charge >= 0.3 is 0 Å². The molecule has 0 fully saturated rings. The molecule has 0 aliphatic rings. The van der Waals surface area contributed by atoms with Gasteiger partial charge in [0.15, 0.2) is 0 Å². The molecule has 1 nitrogen and oxygen atoms in total. The highest BCUT2D eigenvalue weighted by Crippen LogP contribution is 2.10. The minimum absolute atomic E-state index is 0.544. The van der Waals surface area contributed by atoms with E-state index in [1.165, 1.54) is 37.8 Å². The van der Waals surface area contributed by atoms with Crippen LogP contribution < -0.4 is 5.32 Å². The van der Waals surface area contributed by atoms with Crippen LogP contribution in [-0.4, -0.2) is 15.3 Å². The summed E-state index contributed by atoms with van der Waals surface area (Å²) in [6.07, 6.45) is 7.76. The van der Waals surface area contributed by atoms with Crippen LogP contribution in [0.15, 0.2) is 11.9 Å². The summed E-state index contributed by atoms with van der Waals surface area (Å²) in [6.45, 7) is 7.79. The topological polar surface area (TPSA) is 12.0 Å². The first-order chi connectivity index (χ1) is 6.85. The van der Waals surface area contributed by atoms with E-state index in [0.717, 1.165) is 6.54 Å². The number of nitrogens with one attached hydrogen (secondary N) is 1. The van der Waals surface area contributed by atoms with E-state index in [0.29, 0.717) is 0 Å². The second-order valence-corrected chi connectivity index (χ2v) is 7.02. The molecule has 1 N–H and O–H groups in total. The largest absolute Gasteiger partial charge is 0.392 e. The van der Waals surface area contributed by atoms with E-state index in [4.69, 9.17) is 0 Å². The van der Waals surface area contributed by atoms with Crippen LogP contribution in [0.1, 0.15) is 46.5 Å². The Balaban J connectivity index is 3.71. The lowest BCUT2D eigenvalue weighted by molar-refractivity contribution is 0.844. The molecule has 0 aromatic carbocycles. The molecule has 2 heteroatoms. The summed E-state index contributed by atoms with van der Waals surface area (Å²) < 4.78 is 0. The van der Waals surface area contributed by atoms with Crippen LogP contribution >= 0.6 is 0 Å². The van der Waals surface area contributed by atoms with Crippen molar-refractivity contribution in [2.24, 2.45) is 0 Å². The summed E-state index contributed by atoms with van der Waals surface area (Å²) in [5.41, 5.74) is 2.49. The molecule has 0 rings (SSSR count). The molecule has 0 aromatic heterocycles. The summed E-state index contributed by atoms with van der Waals surface area (Å²) in [4.78, 5) is 0. The van der Waals surface area contributed by atoms with Crippen LogP contribution in [-0.2, 0) is 0 Å². The minimum atomic E-state index is -0.544. The van der Waals surface area contributed by atoms with Gasteiger partial charge in [0.2, 0.25) is 0 Å². The fraction of sp³-hybridized carbons (Fsp3) is 0.833. The summed E-state index contributed by atoms with van der Waals surface area (Å²) in [6, 6.07) is 3.00. The average molecular weight is 213 g/mol. The van der Waals surface area contributed by atoms with Gasteiger partial charge in [-0.3, -0.25) is 0 Å². The van der Waals surface area contributed by atoms with Crippen LogP contribution in [0.4, 0.5) is 0 Å². The normalized spacial score (nSPS) is 11.4. The molecule has 0 spiro atoms. The Morgan fingerprint density at radius 1 is 1.00 bits per heavy atom. The standard InChI is InChI=1S/C12H27NSi/c1-4-7-10-14(11-8-5-2)12-9-13-6-3/h9,12-14H,4-8,10-11H2,1-3H3. The Kier molecular flexibility index (Phi) is 10.6. The van der Waals surface area contributed by atoms with Gasteiger partial charge in [-0.1, -0.05) is 57.3 Å². The summed E-state index contributed by atoms with van der Waals surface area (Å²) in [5, 5.41) is 3.29. The number of rotatable bonds is 9. The highest BCUT2D eigenvalue weighted by Gasteiger charge is 2.04. The Hall–Kier alpha value is -0.243. The molecule has 0 radical (unpaired) electrons. The molecule has 0 aliphatic heterocycles. The molecular formula is C12H27NSi. The lowest BCUT2D eigenvalue weighted by Gasteiger charge is -2.09. The smallest absolute Gasteiger partial charge is 0.0633 e. The van der Waals surface area contributed by atoms with Gasteiger partial charge in [0, 0.05) is 6.54 Å². The molecule has 0 amide bonds. The first-order valence-electron chi connectivity index (χ1n) is 6.25. The van der Waals surface area contributed by atoms with Crippen LogP contribution in [0.5, 0.6) is 0 Å². The van der Waals surface area contributed by atoms with Gasteiger partial charge in [0.1, 0.15) is 0 Å². The molecule has 0 saturated heterocycles. The van der Waals surface area contributed by atoms with Gasteiger partial charge in [0.25, 0.3) is 0 Å². The Morgan fingerprint density at radius 2 is 1.57 bits per heavy atom. The van der Waals surface area contributed by atoms with Crippen molar-refractivity contribution in [3.05, 3.63) is 11.9 Å². The van der Waals surface area contributed by atoms with Crippen molar-refractivity contribution in [1.29, 1.82) is 0 Å². The predicted octanol–water partition coefficient (Wildman–Crippen LogP) is 3.48. The molecule has 0 unspecified atom stereocenters. The third-order valence-electron chi connectivity index (χ3n) is 2.55. The van der Waals surface area contributed by atoms with Gasteiger partial charge in [-0.25, -0.2) is 0 Å². The first kappa shape index (κ1) is 13.8. The van der Waals surface area contributed by atoms with Crippen LogP contribution in [0.25, 0.3) is 0 Å². The highest BCUT2D eigenvalue weighted by molar-refractivity contribution is 6.64. The van der Waals surface area contributed by atoms with Crippen molar-refractivity contribution in [2.75, 3.05) is 6.54 Å². The van der Waals surface area contributed by atoms with Gasteiger partial charge in [0.05, 0.1) is 8.80 Å². The van der Waals surface area contributed by atoms with E-state index in [2.05, 4.69) is 38.0 Å². The molecule has 0 bridgehead atoms. The Morgan fingerprint density at radius 3 is 2.00 bits per heavy atom. The second kappa shape index (κ2) is 10.8. The van der Waals surface area contributed by atoms with E-state index < -0.39 is 8.80 Å². The summed E-state index contributed by atoms with van der Waals surface area (Å²) in [7, 11) is -0.544. The fourth-order valence-electron chi connectivity index (χ4n) is 1.59. The van der Waals surface area contributed by atoms with Crippen molar-refractivity contribution in [1.82, 2.24) is 5.32 Å². The molecular weight excluding hydrogens is 186 g/mol. The first-order valence-corrected chi connectivity index (χ1v) is 8.55. The van der Waals surface area contributed by atoms with E-state index in [1.54, 1.807) is 0 Å². The second-order valence-electron chi connectivity index (χ2n) is 3.96. The minimum Gasteiger partial charge on any atom is -0.392 e. The molecule has 0 heterocycles. The van der Waals surface area contributed by atoms with E-state index in [-0.39, 0.29) is 0 Å². The maximum Gasteiger partial charge on any atom is 0.0633 e. The molecule has 14 heavy (non-hydrogen) atoms. The van der Waals surface area contributed by atoms with Crippen LogP contribution in [0, 0.1) is 0 Å². The lowest BCUT2D eigenvalue weighted by atomic mass is 10.4. The molecule has 0 atom stereocenters. The predicted molar refractivity (Wildman–Crippen MR) is 69.4 cm³/mol. The highest BCUT2D eigenvalue weighted by atomic mass is 28.3. The van der Waals surface area contributed by atoms with Crippen molar-refractivity contribution >= 4 is 8.80 Å². The summed E-state index contributed by atoms with van der Waals surface area (Å²) >= 11 is 0. The van der Waals surface area contributed by atoms with Crippen LogP contribution in [0.3, 0.4) is 0 Å². The zero-order valence-electron chi connectivity index (χ0n) is 10.2. The van der Waals surface area contributed by atoms with Gasteiger partial charge in [-0.15, -0.1) is 0 Å². The molecule has 84 valence electrons. The van der Waals surface area contributed by atoms with Crippen molar-refractivity contribution < 1.29 is 0 Å². The number of hydrogen-bond donors (Lipinski definition) is 1. The van der Waals surface area contributed by atoms with E-state index >= 15 is 0 Å². The molecule has 0 aliphatic carbocycles. The average Bonchev–Trinajstić information content (AvgIpc) is 2.21.